The van der Waals surface area contributed by atoms with E-state index in [9.17, 15) is 4.79 Å². The van der Waals surface area contributed by atoms with Gasteiger partial charge in [-0.1, -0.05) is 42.5 Å². The van der Waals surface area contributed by atoms with Crippen LogP contribution in [0.5, 0.6) is 17.2 Å². The Kier molecular flexibility index (Phi) is 3.64. The van der Waals surface area contributed by atoms with Crippen LogP contribution in [0.4, 0.5) is 5.69 Å². The molecule has 3 aromatic rings. The maximum Gasteiger partial charge on any atom is 0.228 e. The molecular weight excluding hydrogens is 338 g/mol. The lowest BCUT2D eigenvalue weighted by Crippen LogP contribution is -2.27. The molecule has 4 nitrogen and oxygen atoms in total. The SMILES string of the molecule is COc1ccc2c(c1)Oc1ccccc1N1C(=O)C[C@H](c3ccccc3)C21. The minimum Gasteiger partial charge on any atom is -0.497 e. The zero-order valence-electron chi connectivity index (χ0n) is 15.0. The Morgan fingerprint density at radius 1 is 0.963 bits per heavy atom. The molecule has 4 heteroatoms. The molecule has 27 heavy (non-hydrogen) atoms. The summed E-state index contributed by atoms with van der Waals surface area (Å²) in [6.07, 6.45) is 0.481. The molecule has 134 valence electrons. The van der Waals surface area contributed by atoms with Gasteiger partial charge in [0.25, 0.3) is 0 Å². The van der Waals surface area contributed by atoms with E-state index in [0.717, 1.165) is 22.7 Å². The first kappa shape index (κ1) is 15.9. The second-order valence-corrected chi connectivity index (χ2v) is 6.90. The fraction of sp³-hybridized carbons (Fsp3) is 0.174. The Morgan fingerprint density at radius 2 is 1.74 bits per heavy atom. The van der Waals surface area contributed by atoms with Crippen molar-refractivity contribution in [2.75, 3.05) is 12.0 Å². The molecule has 0 N–H and O–H groups in total. The Labute approximate surface area is 158 Å². The summed E-state index contributed by atoms with van der Waals surface area (Å²) in [5, 5.41) is 0. The number of benzene rings is 3. The maximum absolute atomic E-state index is 13.1. The highest BCUT2D eigenvalue weighted by molar-refractivity contribution is 5.99. The highest BCUT2D eigenvalue weighted by Gasteiger charge is 2.45. The molecule has 2 atom stereocenters. The normalized spacial score (nSPS) is 20.2. The molecule has 2 aliphatic heterocycles. The average Bonchev–Trinajstić information content (AvgIpc) is 2.97. The van der Waals surface area contributed by atoms with E-state index in [-0.39, 0.29) is 17.9 Å². The number of hydrogen-bond acceptors (Lipinski definition) is 3. The van der Waals surface area contributed by atoms with E-state index in [1.807, 2.05) is 65.6 Å². The predicted molar refractivity (Wildman–Crippen MR) is 104 cm³/mol. The lowest BCUT2D eigenvalue weighted by Gasteiger charge is -2.27. The topological polar surface area (TPSA) is 38.8 Å². The van der Waals surface area contributed by atoms with Gasteiger partial charge in [0.2, 0.25) is 5.91 Å². The van der Waals surface area contributed by atoms with E-state index >= 15 is 0 Å². The minimum absolute atomic E-state index is 0.0700. The summed E-state index contributed by atoms with van der Waals surface area (Å²) in [7, 11) is 1.64. The number of fused-ring (bicyclic) bond motifs is 5. The van der Waals surface area contributed by atoms with Gasteiger partial charge in [-0.05, 0) is 29.8 Å². The van der Waals surface area contributed by atoms with Crippen LogP contribution in [-0.4, -0.2) is 13.0 Å². The Morgan fingerprint density at radius 3 is 2.56 bits per heavy atom. The van der Waals surface area contributed by atoms with E-state index in [2.05, 4.69) is 12.1 Å². The fourth-order valence-corrected chi connectivity index (χ4v) is 4.21. The van der Waals surface area contributed by atoms with Gasteiger partial charge in [0.15, 0.2) is 5.75 Å². The largest absolute Gasteiger partial charge is 0.497 e. The van der Waals surface area contributed by atoms with Crippen molar-refractivity contribution in [3.63, 3.8) is 0 Å². The van der Waals surface area contributed by atoms with Gasteiger partial charge in [-0.15, -0.1) is 0 Å². The molecule has 0 radical (unpaired) electrons. The number of rotatable bonds is 2. The van der Waals surface area contributed by atoms with Gasteiger partial charge in [0.1, 0.15) is 11.5 Å². The second-order valence-electron chi connectivity index (χ2n) is 6.90. The van der Waals surface area contributed by atoms with E-state index in [4.69, 9.17) is 9.47 Å². The van der Waals surface area contributed by atoms with Crippen LogP contribution in [0.3, 0.4) is 0 Å². The van der Waals surface area contributed by atoms with E-state index < -0.39 is 0 Å². The summed E-state index contributed by atoms with van der Waals surface area (Å²) < 4.78 is 11.6. The van der Waals surface area contributed by atoms with Gasteiger partial charge in [-0.2, -0.15) is 0 Å². The van der Waals surface area contributed by atoms with Gasteiger partial charge >= 0.3 is 0 Å². The van der Waals surface area contributed by atoms with Gasteiger partial charge in [0, 0.05) is 24.0 Å². The number of anilines is 1. The number of carbonyl (C=O) groups excluding carboxylic acids is 1. The second kappa shape index (κ2) is 6.16. The first-order chi connectivity index (χ1) is 13.3. The number of ether oxygens (including phenoxy) is 2. The third-order valence-electron chi connectivity index (χ3n) is 5.43. The van der Waals surface area contributed by atoms with Crippen molar-refractivity contribution in [2.45, 2.75) is 18.4 Å². The van der Waals surface area contributed by atoms with Crippen LogP contribution >= 0.6 is 0 Å². The minimum atomic E-state index is -0.107. The van der Waals surface area contributed by atoms with Crippen LogP contribution in [-0.2, 0) is 4.79 Å². The first-order valence-corrected chi connectivity index (χ1v) is 9.08. The molecule has 0 spiro atoms. The van der Waals surface area contributed by atoms with Crippen LogP contribution in [0.25, 0.3) is 0 Å². The molecule has 0 aliphatic carbocycles. The monoisotopic (exact) mass is 357 g/mol. The molecule has 5 rings (SSSR count). The summed E-state index contributed by atoms with van der Waals surface area (Å²) in [5.41, 5.74) is 2.99. The smallest absolute Gasteiger partial charge is 0.228 e. The Balaban J connectivity index is 1.74. The highest BCUT2D eigenvalue weighted by atomic mass is 16.5. The summed E-state index contributed by atoms with van der Waals surface area (Å²) in [6.45, 7) is 0. The van der Waals surface area contributed by atoms with Crippen molar-refractivity contribution in [2.24, 2.45) is 0 Å². The van der Waals surface area contributed by atoms with Crippen LogP contribution < -0.4 is 14.4 Å². The number of amides is 1. The molecule has 0 saturated carbocycles. The van der Waals surface area contributed by atoms with Crippen LogP contribution in [0.15, 0.2) is 72.8 Å². The van der Waals surface area contributed by atoms with Gasteiger partial charge in [0.05, 0.1) is 18.8 Å². The molecule has 2 heterocycles. The van der Waals surface area contributed by atoms with E-state index in [0.29, 0.717) is 12.2 Å². The molecule has 1 fully saturated rings. The van der Waals surface area contributed by atoms with Crippen molar-refractivity contribution in [3.05, 3.63) is 83.9 Å². The fourth-order valence-electron chi connectivity index (χ4n) is 4.21. The van der Waals surface area contributed by atoms with Crippen molar-refractivity contribution < 1.29 is 14.3 Å². The van der Waals surface area contributed by atoms with Crippen LogP contribution in [0.1, 0.15) is 29.5 Å². The number of methoxy groups -OCH3 is 1. The molecule has 0 bridgehead atoms. The van der Waals surface area contributed by atoms with Gasteiger partial charge in [-0.25, -0.2) is 0 Å². The summed E-state index contributed by atoms with van der Waals surface area (Å²) in [6, 6.07) is 23.7. The number of para-hydroxylation sites is 2. The zero-order valence-corrected chi connectivity index (χ0v) is 15.0. The number of nitrogens with zero attached hydrogens (tertiary/aromatic N) is 1. The molecule has 2 aliphatic rings. The number of carbonyl (C=O) groups is 1. The third kappa shape index (κ3) is 2.48. The third-order valence-corrected chi connectivity index (χ3v) is 5.43. The van der Waals surface area contributed by atoms with Crippen molar-refractivity contribution in [1.29, 1.82) is 0 Å². The number of hydrogen-bond donors (Lipinski definition) is 0. The molecule has 1 amide bonds. The first-order valence-electron chi connectivity index (χ1n) is 9.08. The average molecular weight is 357 g/mol. The van der Waals surface area contributed by atoms with Crippen molar-refractivity contribution in [1.82, 2.24) is 0 Å². The summed E-state index contributed by atoms with van der Waals surface area (Å²) in [4.78, 5) is 15.0. The lowest BCUT2D eigenvalue weighted by molar-refractivity contribution is -0.117. The summed E-state index contributed by atoms with van der Waals surface area (Å²) >= 11 is 0. The maximum atomic E-state index is 13.1. The van der Waals surface area contributed by atoms with E-state index in [1.54, 1.807) is 7.11 Å². The van der Waals surface area contributed by atoms with Gasteiger partial charge < -0.3 is 14.4 Å². The van der Waals surface area contributed by atoms with Crippen molar-refractivity contribution in [3.8, 4) is 17.2 Å². The molecule has 1 unspecified atom stereocenters. The molecule has 1 saturated heterocycles. The highest BCUT2D eigenvalue weighted by Crippen LogP contribution is 2.54. The van der Waals surface area contributed by atoms with Crippen molar-refractivity contribution >= 4 is 11.6 Å². The van der Waals surface area contributed by atoms with Crippen LogP contribution in [0, 0.1) is 0 Å². The van der Waals surface area contributed by atoms with Gasteiger partial charge in [-0.3, -0.25) is 4.79 Å². The standard InChI is InChI=1S/C23H19NO3/c1-26-16-11-12-17-21(13-16)27-20-10-6-5-9-19(20)24-22(25)14-18(23(17)24)15-7-3-2-4-8-15/h2-13,18,23H,14H2,1H3/t18-,23?/m1/s1. The van der Waals surface area contributed by atoms with E-state index in [1.165, 1.54) is 5.56 Å². The quantitative estimate of drug-likeness (QED) is 0.643. The Bertz CT molecular complexity index is 1020. The summed E-state index contributed by atoms with van der Waals surface area (Å²) in [5.74, 6) is 2.36. The lowest BCUT2D eigenvalue weighted by atomic mass is 9.87. The van der Waals surface area contributed by atoms with Crippen LogP contribution in [0.2, 0.25) is 0 Å². The molecule has 3 aromatic carbocycles. The zero-order chi connectivity index (χ0) is 18.4. The Hall–Kier alpha value is -3.27. The molecular formula is C23H19NO3. The predicted octanol–water partition coefficient (Wildman–Crippen LogP) is 5.06. The molecule has 0 aromatic heterocycles.